The highest BCUT2D eigenvalue weighted by atomic mass is 16.5. The van der Waals surface area contributed by atoms with Gasteiger partial charge in [0.2, 0.25) is 0 Å². The van der Waals surface area contributed by atoms with Crippen molar-refractivity contribution in [1.82, 2.24) is 14.7 Å². The smallest absolute Gasteiger partial charge is 0.143 e. The van der Waals surface area contributed by atoms with Crippen LogP contribution in [0, 0.1) is 6.92 Å². The molecule has 4 aromatic rings. The summed E-state index contributed by atoms with van der Waals surface area (Å²) in [5, 5.41) is 4.25. The maximum atomic E-state index is 5.46. The summed E-state index contributed by atoms with van der Waals surface area (Å²) in [6.07, 6.45) is 6.13. The molecule has 0 saturated carbocycles. The summed E-state index contributed by atoms with van der Waals surface area (Å²) in [5.74, 6) is 0.771. The second-order valence-corrected chi connectivity index (χ2v) is 6.41. The zero-order valence-electron chi connectivity index (χ0n) is 15.0. The van der Waals surface area contributed by atoms with Crippen LogP contribution in [0.2, 0.25) is 0 Å². The molecule has 26 heavy (non-hydrogen) atoms. The molecule has 4 nitrogen and oxygen atoms in total. The highest BCUT2D eigenvalue weighted by Crippen LogP contribution is 2.33. The molecule has 0 aliphatic rings. The lowest BCUT2D eigenvalue weighted by atomic mass is 10.0. The van der Waals surface area contributed by atoms with E-state index in [0.29, 0.717) is 0 Å². The molecule has 0 unspecified atom stereocenters. The van der Waals surface area contributed by atoms with E-state index in [2.05, 4.69) is 41.3 Å². The number of aryl methyl sites for hydroxylation is 2. The summed E-state index contributed by atoms with van der Waals surface area (Å²) in [7, 11) is 0. The number of nitrogens with zero attached hydrogens (tertiary/aromatic N) is 3. The van der Waals surface area contributed by atoms with Gasteiger partial charge < -0.3 is 9.09 Å². The van der Waals surface area contributed by atoms with E-state index in [9.17, 15) is 0 Å². The monoisotopic (exact) mass is 343 g/mol. The summed E-state index contributed by atoms with van der Waals surface area (Å²) in [6, 6.07) is 18.7. The van der Waals surface area contributed by atoms with E-state index in [4.69, 9.17) is 4.52 Å². The number of rotatable bonds is 5. The van der Waals surface area contributed by atoms with E-state index in [1.54, 1.807) is 0 Å². The molecule has 2 heterocycles. The van der Waals surface area contributed by atoms with E-state index in [-0.39, 0.29) is 0 Å². The Balaban J connectivity index is 1.70. The van der Waals surface area contributed by atoms with Crippen molar-refractivity contribution >= 4 is 0 Å². The molecular formula is C22H21N3O. The lowest BCUT2D eigenvalue weighted by Gasteiger charge is -2.04. The van der Waals surface area contributed by atoms with E-state index < -0.39 is 0 Å². The Kier molecular flexibility index (Phi) is 4.40. The molecule has 0 aliphatic carbocycles. The van der Waals surface area contributed by atoms with Crippen LogP contribution in [0.25, 0.3) is 28.2 Å². The Bertz CT molecular complexity index is 998. The van der Waals surface area contributed by atoms with Crippen LogP contribution in [0.4, 0.5) is 0 Å². The predicted molar refractivity (Wildman–Crippen MR) is 103 cm³/mol. The minimum atomic E-state index is 0.771. The van der Waals surface area contributed by atoms with Gasteiger partial charge in [0.15, 0.2) is 0 Å². The Morgan fingerprint density at radius 3 is 2.50 bits per heavy atom. The maximum Gasteiger partial charge on any atom is 0.143 e. The number of aromatic nitrogens is 3. The summed E-state index contributed by atoms with van der Waals surface area (Å²) in [6.45, 7) is 4.12. The fraction of sp³-hybridized carbons (Fsp3) is 0.182. The summed E-state index contributed by atoms with van der Waals surface area (Å²) in [5.41, 5.74) is 6.11. The van der Waals surface area contributed by atoms with Crippen LogP contribution < -0.4 is 0 Å². The van der Waals surface area contributed by atoms with Crippen molar-refractivity contribution in [3.8, 4) is 28.2 Å². The van der Waals surface area contributed by atoms with E-state index >= 15 is 0 Å². The van der Waals surface area contributed by atoms with Gasteiger partial charge in [-0.15, -0.1) is 0 Å². The highest BCUT2D eigenvalue weighted by molar-refractivity contribution is 5.79. The van der Waals surface area contributed by atoms with Gasteiger partial charge in [-0.05, 0) is 31.0 Å². The summed E-state index contributed by atoms with van der Waals surface area (Å²) >= 11 is 0. The molecule has 4 rings (SSSR count). The number of hydrogen-bond donors (Lipinski definition) is 0. The molecule has 130 valence electrons. The van der Waals surface area contributed by atoms with Crippen LogP contribution in [0.3, 0.4) is 0 Å². The van der Waals surface area contributed by atoms with Crippen molar-refractivity contribution in [3.63, 3.8) is 0 Å². The Morgan fingerprint density at radius 2 is 1.77 bits per heavy atom. The van der Waals surface area contributed by atoms with E-state index in [1.807, 2.05) is 54.3 Å². The minimum absolute atomic E-state index is 0.771. The lowest BCUT2D eigenvalue weighted by Crippen LogP contribution is -1.91. The van der Waals surface area contributed by atoms with Crippen LogP contribution in [-0.4, -0.2) is 14.7 Å². The van der Waals surface area contributed by atoms with Crippen molar-refractivity contribution in [3.05, 3.63) is 78.4 Å². The quantitative estimate of drug-likeness (QED) is 0.483. The average Bonchev–Trinajstić information content (AvgIpc) is 3.30. The van der Waals surface area contributed by atoms with Gasteiger partial charge in [-0.3, -0.25) is 0 Å². The van der Waals surface area contributed by atoms with Gasteiger partial charge >= 0.3 is 0 Å². The Labute approximate surface area is 153 Å². The molecule has 0 atom stereocenters. The molecule has 0 radical (unpaired) electrons. The van der Waals surface area contributed by atoms with Crippen molar-refractivity contribution < 1.29 is 4.52 Å². The lowest BCUT2D eigenvalue weighted by molar-refractivity contribution is 0.400. The van der Waals surface area contributed by atoms with Gasteiger partial charge in [-0.1, -0.05) is 61.0 Å². The molecule has 0 bridgehead atoms. The van der Waals surface area contributed by atoms with Crippen molar-refractivity contribution in [2.45, 2.75) is 26.7 Å². The first-order valence-electron chi connectivity index (χ1n) is 8.91. The zero-order chi connectivity index (χ0) is 17.9. The Hall–Kier alpha value is -3.14. The largest absolute Gasteiger partial charge is 0.360 e. The predicted octanol–water partition coefficient (Wildman–Crippen LogP) is 5.46. The molecule has 0 amide bonds. The molecule has 2 aromatic carbocycles. The zero-order valence-corrected chi connectivity index (χ0v) is 15.0. The van der Waals surface area contributed by atoms with Gasteiger partial charge in [0, 0.05) is 17.4 Å². The van der Waals surface area contributed by atoms with Crippen LogP contribution in [0.1, 0.15) is 24.7 Å². The maximum absolute atomic E-state index is 5.46. The Morgan fingerprint density at radius 1 is 1.00 bits per heavy atom. The molecule has 0 N–H and O–H groups in total. The SMILES string of the molecule is CCCc1ccc(-n2cnc(-c3c(-c4ccccc4)noc3C)c2)cc1. The van der Waals surface area contributed by atoms with Crippen LogP contribution in [0.15, 0.2) is 71.6 Å². The topological polar surface area (TPSA) is 43.9 Å². The standard InChI is InChI=1S/C22H21N3O/c1-3-7-17-10-12-19(13-11-17)25-14-20(23-15-25)21-16(2)26-24-22(21)18-8-5-4-6-9-18/h4-6,8-15H,3,7H2,1-2H3. The first kappa shape index (κ1) is 16.3. The summed E-state index contributed by atoms with van der Waals surface area (Å²) < 4.78 is 7.50. The van der Waals surface area contributed by atoms with Crippen molar-refractivity contribution in [2.75, 3.05) is 0 Å². The third kappa shape index (κ3) is 3.06. The average molecular weight is 343 g/mol. The fourth-order valence-corrected chi connectivity index (χ4v) is 3.18. The molecule has 2 aromatic heterocycles. The second-order valence-electron chi connectivity index (χ2n) is 6.41. The molecule has 4 heteroatoms. The van der Waals surface area contributed by atoms with Gasteiger partial charge in [0.1, 0.15) is 11.5 Å². The number of imidazole rings is 1. The first-order valence-corrected chi connectivity index (χ1v) is 8.91. The molecule has 0 saturated heterocycles. The van der Waals surface area contributed by atoms with Crippen LogP contribution in [-0.2, 0) is 6.42 Å². The third-order valence-electron chi connectivity index (χ3n) is 4.52. The van der Waals surface area contributed by atoms with Crippen molar-refractivity contribution in [2.24, 2.45) is 0 Å². The van der Waals surface area contributed by atoms with Gasteiger partial charge in [0.05, 0.1) is 17.6 Å². The molecular weight excluding hydrogens is 322 g/mol. The highest BCUT2D eigenvalue weighted by Gasteiger charge is 2.18. The van der Waals surface area contributed by atoms with Crippen molar-refractivity contribution in [1.29, 1.82) is 0 Å². The molecule has 0 spiro atoms. The normalized spacial score (nSPS) is 11.0. The minimum Gasteiger partial charge on any atom is -0.360 e. The third-order valence-corrected chi connectivity index (χ3v) is 4.52. The second kappa shape index (κ2) is 7.00. The number of hydrogen-bond acceptors (Lipinski definition) is 3. The van der Waals surface area contributed by atoms with E-state index in [1.165, 1.54) is 5.56 Å². The number of benzene rings is 2. The molecule has 0 aliphatic heterocycles. The van der Waals surface area contributed by atoms with Gasteiger partial charge in [-0.2, -0.15) is 0 Å². The van der Waals surface area contributed by atoms with Gasteiger partial charge in [0.25, 0.3) is 0 Å². The van der Waals surface area contributed by atoms with Gasteiger partial charge in [-0.25, -0.2) is 4.98 Å². The van der Waals surface area contributed by atoms with Crippen LogP contribution >= 0.6 is 0 Å². The first-order chi connectivity index (χ1) is 12.8. The van der Waals surface area contributed by atoms with Crippen LogP contribution in [0.5, 0.6) is 0 Å². The summed E-state index contributed by atoms with van der Waals surface area (Å²) in [4.78, 5) is 4.60. The fourth-order valence-electron chi connectivity index (χ4n) is 3.18. The molecule has 0 fully saturated rings. The van der Waals surface area contributed by atoms with E-state index in [0.717, 1.165) is 46.8 Å².